The molecular formula is C15H16O2S. The van der Waals surface area contributed by atoms with E-state index in [2.05, 4.69) is 0 Å². The lowest BCUT2D eigenvalue weighted by Gasteiger charge is -2.25. The Morgan fingerprint density at radius 2 is 1.94 bits per heavy atom. The van der Waals surface area contributed by atoms with Crippen LogP contribution in [0.25, 0.3) is 0 Å². The van der Waals surface area contributed by atoms with Crippen LogP contribution < -0.4 is 0 Å². The molecule has 1 aromatic carbocycles. The summed E-state index contributed by atoms with van der Waals surface area (Å²) < 4.78 is 0. The van der Waals surface area contributed by atoms with Gasteiger partial charge in [0.15, 0.2) is 0 Å². The van der Waals surface area contributed by atoms with Gasteiger partial charge in [-0.2, -0.15) is 0 Å². The standard InChI is InChI=1S/C15H16O2S/c1-11-5-7-12(8-6-11)15(2,14(16)17)10-13-4-3-9-18-13/h3-9H,10H2,1-2H3,(H,16,17). The van der Waals surface area contributed by atoms with E-state index in [1.807, 2.05) is 48.7 Å². The molecule has 0 amide bonds. The number of rotatable bonds is 4. The highest BCUT2D eigenvalue weighted by Crippen LogP contribution is 2.30. The third-order valence-electron chi connectivity index (χ3n) is 3.27. The molecular weight excluding hydrogens is 244 g/mol. The molecule has 1 aromatic heterocycles. The Bertz CT molecular complexity index is 528. The number of hydrogen-bond donors (Lipinski definition) is 1. The molecule has 18 heavy (non-hydrogen) atoms. The van der Waals surface area contributed by atoms with Crippen LogP contribution in [0.1, 0.15) is 22.9 Å². The number of benzene rings is 1. The first kappa shape index (κ1) is 12.8. The van der Waals surface area contributed by atoms with E-state index in [1.54, 1.807) is 18.3 Å². The molecule has 0 aliphatic heterocycles. The molecule has 0 fully saturated rings. The third-order valence-corrected chi connectivity index (χ3v) is 4.15. The molecule has 1 heterocycles. The van der Waals surface area contributed by atoms with Crippen LogP contribution in [-0.2, 0) is 16.6 Å². The molecule has 2 nitrogen and oxygen atoms in total. The Labute approximate surface area is 111 Å². The highest BCUT2D eigenvalue weighted by Gasteiger charge is 2.35. The second-order valence-electron chi connectivity index (χ2n) is 4.76. The van der Waals surface area contributed by atoms with Gasteiger partial charge in [-0.25, -0.2) is 0 Å². The minimum atomic E-state index is -0.863. The quantitative estimate of drug-likeness (QED) is 0.911. The van der Waals surface area contributed by atoms with Crippen molar-refractivity contribution < 1.29 is 9.90 Å². The van der Waals surface area contributed by atoms with Crippen molar-refractivity contribution in [3.63, 3.8) is 0 Å². The molecule has 0 bridgehead atoms. The molecule has 3 heteroatoms. The van der Waals surface area contributed by atoms with E-state index in [0.29, 0.717) is 6.42 Å². The first-order valence-corrected chi connectivity index (χ1v) is 6.73. The SMILES string of the molecule is Cc1ccc(C(C)(Cc2cccs2)C(=O)O)cc1. The van der Waals surface area contributed by atoms with Gasteiger partial charge in [0.1, 0.15) is 0 Å². The van der Waals surface area contributed by atoms with Crippen LogP contribution in [0, 0.1) is 6.92 Å². The van der Waals surface area contributed by atoms with E-state index in [0.717, 1.165) is 16.0 Å². The van der Waals surface area contributed by atoms with Gasteiger partial charge in [0.25, 0.3) is 0 Å². The van der Waals surface area contributed by atoms with Gasteiger partial charge in [-0.15, -0.1) is 11.3 Å². The summed E-state index contributed by atoms with van der Waals surface area (Å²) >= 11 is 1.60. The van der Waals surface area contributed by atoms with Crippen molar-refractivity contribution in [2.75, 3.05) is 0 Å². The fraction of sp³-hybridized carbons (Fsp3) is 0.267. The van der Waals surface area contributed by atoms with Gasteiger partial charge >= 0.3 is 5.97 Å². The Balaban J connectivity index is 2.37. The smallest absolute Gasteiger partial charge is 0.314 e. The molecule has 0 spiro atoms. The van der Waals surface area contributed by atoms with Crippen LogP contribution in [0.2, 0.25) is 0 Å². The van der Waals surface area contributed by atoms with Crippen molar-refractivity contribution in [2.45, 2.75) is 25.7 Å². The molecule has 1 unspecified atom stereocenters. The lowest BCUT2D eigenvalue weighted by Crippen LogP contribution is -2.34. The second kappa shape index (κ2) is 4.94. The number of carbonyl (C=O) groups is 1. The monoisotopic (exact) mass is 260 g/mol. The van der Waals surface area contributed by atoms with Gasteiger partial charge in [0.05, 0.1) is 5.41 Å². The first-order chi connectivity index (χ1) is 8.52. The summed E-state index contributed by atoms with van der Waals surface area (Å²) in [6.45, 7) is 3.79. The average Bonchev–Trinajstić information content (AvgIpc) is 2.82. The Morgan fingerprint density at radius 3 is 2.44 bits per heavy atom. The number of thiophene rings is 1. The topological polar surface area (TPSA) is 37.3 Å². The molecule has 0 aliphatic rings. The number of hydrogen-bond acceptors (Lipinski definition) is 2. The van der Waals surface area contributed by atoms with Gasteiger partial charge in [-0.1, -0.05) is 35.9 Å². The van der Waals surface area contributed by atoms with E-state index in [-0.39, 0.29) is 0 Å². The van der Waals surface area contributed by atoms with Crippen molar-refractivity contribution in [1.29, 1.82) is 0 Å². The molecule has 0 saturated heterocycles. The molecule has 2 rings (SSSR count). The van der Waals surface area contributed by atoms with Gasteiger partial charge in [0, 0.05) is 11.3 Å². The van der Waals surface area contributed by atoms with E-state index in [4.69, 9.17) is 0 Å². The zero-order chi connectivity index (χ0) is 13.2. The zero-order valence-corrected chi connectivity index (χ0v) is 11.3. The molecule has 0 aliphatic carbocycles. The largest absolute Gasteiger partial charge is 0.481 e. The fourth-order valence-electron chi connectivity index (χ4n) is 1.98. The number of carboxylic acid groups (broad SMARTS) is 1. The fourth-order valence-corrected chi connectivity index (χ4v) is 2.85. The summed E-state index contributed by atoms with van der Waals surface area (Å²) in [5.41, 5.74) is 1.13. The van der Waals surface area contributed by atoms with Crippen LogP contribution >= 0.6 is 11.3 Å². The lowest BCUT2D eigenvalue weighted by molar-refractivity contribution is -0.143. The summed E-state index contributed by atoms with van der Waals surface area (Å²) in [6, 6.07) is 11.7. The lowest BCUT2D eigenvalue weighted by atomic mass is 9.79. The van der Waals surface area contributed by atoms with Crippen molar-refractivity contribution in [3.8, 4) is 0 Å². The zero-order valence-electron chi connectivity index (χ0n) is 10.5. The highest BCUT2D eigenvalue weighted by atomic mass is 32.1. The molecule has 0 radical (unpaired) electrons. The van der Waals surface area contributed by atoms with Gasteiger partial charge < -0.3 is 5.11 Å². The van der Waals surface area contributed by atoms with Crippen LogP contribution in [0.3, 0.4) is 0 Å². The van der Waals surface area contributed by atoms with Crippen molar-refractivity contribution in [3.05, 3.63) is 57.8 Å². The maximum Gasteiger partial charge on any atom is 0.314 e. The molecule has 94 valence electrons. The summed E-state index contributed by atoms with van der Waals surface area (Å²) in [5, 5.41) is 11.5. The third kappa shape index (κ3) is 2.46. The second-order valence-corrected chi connectivity index (χ2v) is 5.79. The summed E-state index contributed by atoms with van der Waals surface area (Å²) in [4.78, 5) is 12.7. The Kier molecular flexibility index (Phi) is 3.53. The normalized spacial score (nSPS) is 14.1. The van der Waals surface area contributed by atoms with Crippen molar-refractivity contribution in [2.24, 2.45) is 0 Å². The van der Waals surface area contributed by atoms with E-state index in [9.17, 15) is 9.90 Å². The maximum atomic E-state index is 11.6. The van der Waals surface area contributed by atoms with Gasteiger partial charge in [-0.05, 0) is 30.9 Å². The van der Waals surface area contributed by atoms with Crippen LogP contribution in [0.4, 0.5) is 0 Å². The van der Waals surface area contributed by atoms with Crippen LogP contribution in [0.15, 0.2) is 41.8 Å². The summed E-state index contributed by atoms with van der Waals surface area (Å²) in [5.74, 6) is -0.778. The van der Waals surface area contributed by atoms with Crippen molar-refractivity contribution >= 4 is 17.3 Å². The van der Waals surface area contributed by atoms with Crippen LogP contribution in [-0.4, -0.2) is 11.1 Å². The van der Waals surface area contributed by atoms with Crippen molar-refractivity contribution in [1.82, 2.24) is 0 Å². The Morgan fingerprint density at radius 1 is 1.28 bits per heavy atom. The minimum absolute atomic E-state index is 0.531. The van der Waals surface area contributed by atoms with E-state index < -0.39 is 11.4 Å². The number of aryl methyl sites for hydroxylation is 1. The van der Waals surface area contributed by atoms with E-state index in [1.165, 1.54) is 0 Å². The summed E-state index contributed by atoms with van der Waals surface area (Å²) in [7, 11) is 0. The number of carboxylic acids is 1. The van der Waals surface area contributed by atoms with Crippen LogP contribution in [0.5, 0.6) is 0 Å². The molecule has 0 saturated carbocycles. The average molecular weight is 260 g/mol. The predicted octanol–water partition coefficient (Wildman–Crippen LogP) is 3.64. The van der Waals surface area contributed by atoms with Gasteiger partial charge in [-0.3, -0.25) is 4.79 Å². The van der Waals surface area contributed by atoms with E-state index >= 15 is 0 Å². The molecule has 1 atom stereocenters. The molecule has 2 aromatic rings. The highest BCUT2D eigenvalue weighted by molar-refractivity contribution is 7.09. The predicted molar refractivity (Wildman–Crippen MR) is 74.2 cm³/mol. The minimum Gasteiger partial charge on any atom is -0.481 e. The molecule has 1 N–H and O–H groups in total. The first-order valence-electron chi connectivity index (χ1n) is 5.85. The summed E-state index contributed by atoms with van der Waals surface area (Å²) in [6.07, 6.45) is 0.531. The van der Waals surface area contributed by atoms with Gasteiger partial charge in [0.2, 0.25) is 0 Å². The maximum absolute atomic E-state index is 11.6. The Hall–Kier alpha value is -1.61. The number of aliphatic carboxylic acids is 1.